The molecule has 0 radical (unpaired) electrons. The van der Waals surface area contributed by atoms with E-state index in [1.165, 1.54) is 25.9 Å². The van der Waals surface area contributed by atoms with Gasteiger partial charge in [0.05, 0.1) is 24.7 Å². The third-order valence-electron chi connectivity index (χ3n) is 8.18. The molecule has 3 aromatic rings. The van der Waals surface area contributed by atoms with Crippen molar-refractivity contribution in [3.63, 3.8) is 0 Å². The number of ether oxygens (including phenoxy) is 1. The molecule has 0 aliphatic carbocycles. The highest BCUT2D eigenvalue weighted by molar-refractivity contribution is 7.70. The van der Waals surface area contributed by atoms with E-state index in [1.807, 2.05) is 42.3 Å². The van der Waals surface area contributed by atoms with Crippen LogP contribution >= 0.6 is 18.7 Å². The molecule has 220 valence electrons. The summed E-state index contributed by atoms with van der Waals surface area (Å²) >= 11 is 6.54. The molecule has 0 bridgehead atoms. The first-order chi connectivity index (χ1) is 19.6. The number of hydrogen-bond donors (Lipinski definition) is 1. The molecule has 2 aromatic carbocycles. The van der Waals surface area contributed by atoms with Crippen LogP contribution in [0.15, 0.2) is 48.7 Å². The highest BCUT2D eigenvalue weighted by atomic mass is 35.5. The highest BCUT2D eigenvalue weighted by Gasteiger charge is 2.27. The van der Waals surface area contributed by atoms with Crippen LogP contribution in [-0.2, 0) is 4.57 Å². The standard InChI is InChI=1S/C30H41ClN7O2P/c1-35-16-18-38(19-17-35)22-12-14-37(15-13-22)23-10-11-25(27(20-23)40-3)33-30-32-21-24(31)29(34-30)36(2)26-8-6-7-9-28(26)41(4,5)39/h6-11,20-22H,12-19H2,1-5H3,(H,32,33,34). The van der Waals surface area contributed by atoms with Crippen LogP contribution in [0.25, 0.3) is 0 Å². The van der Waals surface area contributed by atoms with Crippen molar-refractivity contribution >= 4 is 52.9 Å². The molecule has 2 saturated heterocycles. The molecule has 1 aromatic heterocycles. The second-order valence-electron chi connectivity index (χ2n) is 11.3. The summed E-state index contributed by atoms with van der Waals surface area (Å²) < 4.78 is 18.7. The molecule has 0 saturated carbocycles. The second-order valence-corrected chi connectivity index (χ2v) is 14.9. The Morgan fingerprint density at radius 2 is 1.76 bits per heavy atom. The number of halogens is 1. The number of nitrogens with one attached hydrogen (secondary N) is 1. The number of piperidine rings is 1. The van der Waals surface area contributed by atoms with Crippen LogP contribution < -0.4 is 25.2 Å². The summed E-state index contributed by atoms with van der Waals surface area (Å²) in [4.78, 5) is 18.5. The molecule has 0 atom stereocenters. The Morgan fingerprint density at radius 1 is 1.05 bits per heavy atom. The van der Waals surface area contributed by atoms with Gasteiger partial charge in [-0.05, 0) is 57.5 Å². The van der Waals surface area contributed by atoms with Crippen LogP contribution in [-0.4, -0.2) is 99.6 Å². The Morgan fingerprint density at radius 3 is 2.44 bits per heavy atom. The van der Waals surface area contributed by atoms with E-state index in [4.69, 9.17) is 21.3 Å². The van der Waals surface area contributed by atoms with Crippen LogP contribution in [0.5, 0.6) is 5.75 Å². The van der Waals surface area contributed by atoms with Gasteiger partial charge in [-0.15, -0.1) is 0 Å². The normalized spacial score (nSPS) is 17.5. The zero-order valence-corrected chi connectivity index (χ0v) is 26.3. The SMILES string of the molecule is COc1cc(N2CCC(N3CCN(C)CC3)CC2)ccc1Nc1ncc(Cl)c(N(C)c2ccccc2P(C)(C)=O)n1. The second kappa shape index (κ2) is 12.6. The maximum Gasteiger partial charge on any atom is 0.229 e. The van der Waals surface area contributed by atoms with Crippen molar-refractivity contribution in [2.45, 2.75) is 18.9 Å². The lowest BCUT2D eigenvalue weighted by Crippen LogP contribution is -2.52. The fourth-order valence-electron chi connectivity index (χ4n) is 5.75. The Bertz CT molecular complexity index is 1400. The summed E-state index contributed by atoms with van der Waals surface area (Å²) in [6.07, 6.45) is 3.93. The number of anilines is 5. The summed E-state index contributed by atoms with van der Waals surface area (Å²) in [5.74, 6) is 1.63. The van der Waals surface area contributed by atoms with E-state index in [1.54, 1.807) is 26.6 Å². The summed E-state index contributed by atoms with van der Waals surface area (Å²) in [5.41, 5.74) is 2.72. The molecular formula is C30H41ClN7O2P. The predicted octanol–water partition coefficient (Wildman–Crippen LogP) is 5.11. The number of likely N-dealkylation sites (N-methyl/N-ethyl adjacent to an activating group) is 1. The summed E-state index contributed by atoms with van der Waals surface area (Å²) in [6, 6.07) is 14.5. The third kappa shape index (κ3) is 6.81. The Hall–Kier alpha value is -2.84. The van der Waals surface area contributed by atoms with Crippen molar-refractivity contribution in [1.82, 2.24) is 19.8 Å². The topological polar surface area (TPSA) is 77.1 Å². The first kappa shape index (κ1) is 29.6. The van der Waals surface area contributed by atoms with Gasteiger partial charge in [0.25, 0.3) is 0 Å². The first-order valence-corrected chi connectivity index (χ1v) is 17.2. The zero-order chi connectivity index (χ0) is 29.1. The molecule has 3 heterocycles. The quantitative estimate of drug-likeness (QED) is 0.356. The minimum atomic E-state index is -2.52. The van der Waals surface area contributed by atoms with Gasteiger partial charge in [-0.25, -0.2) is 4.98 Å². The van der Waals surface area contributed by atoms with E-state index in [9.17, 15) is 4.57 Å². The Labute approximate surface area is 248 Å². The van der Waals surface area contributed by atoms with Crippen molar-refractivity contribution in [3.05, 3.63) is 53.7 Å². The van der Waals surface area contributed by atoms with Gasteiger partial charge < -0.3 is 29.3 Å². The van der Waals surface area contributed by atoms with E-state index in [0.29, 0.717) is 22.8 Å². The number of benzene rings is 2. The predicted molar refractivity (Wildman–Crippen MR) is 171 cm³/mol. The average Bonchev–Trinajstić information content (AvgIpc) is 2.98. The summed E-state index contributed by atoms with van der Waals surface area (Å²) in [5, 5.41) is 4.48. The van der Waals surface area contributed by atoms with Crippen molar-refractivity contribution in [1.29, 1.82) is 0 Å². The Balaban J connectivity index is 1.30. The van der Waals surface area contributed by atoms with Crippen molar-refractivity contribution in [2.75, 3.05) is 88.9 Å². The van der Waals surface area contributed by atoms with E-state index in [0.717, 1.165) is 54.3 Å². The molecule has 11 heteroatoms. The molecule has 2 aliphatic rings. The maximum absolute atomic E-state index is 13.0. The number of aromatic nitrogens is 2. The van der Waals surface area contributed by atoms with Gasteiger partial charge in [0.2, 0.25) is 5.95 Å². The lowest BCUT2D eigenvalue weighted by Gasteiger charge is -2.42. The van der Waals surface area contributed by atoms with Gasteiger partial charge in [0.1, 0.15) is 17.9 Å². The molecule has 0 amide bonds. The number of methoxy groups -OCH3 is 1. The van der Waals surface area contributed by atoms with Crippen molar-refractivity contribution in [3.8, 4) is 5.75 Å². The van der Waals surface area contributed by atoms with Crippen LogP contribution in [0.1, 0.15) is 12.8 Å². The minimum absolute atomic E-state index is 0.393. The summed E-state index contributed by atoms with van der Waals surface area (Å²) in [7, 11) is 3.23. The molecule has 2 aliphatic heterocycles. The zero-order valence-electron chi connectivity index (χ0n) is 24.7. The lowest BCUT2D eigenvalue weighted by molar-refractivity contribution is 0.0982. The number of hydrogen-bond acceptors (Lipinski definition) is 9. The van der Waals surface area contributed by atoms with Crippen LogP contribution in [0, 0.1) is 0 Å². The third-order valence-corrected chi connectivity index (χ3v) is 9.99. The fourth-order valence-corrected chi connectivity index (χ4v) is 7.19. The van der Waals surface area contributed by atoms with E-state index >= 15 is 0 Å². The highest BCUT2D eigenvalue weighted by Crippen LogP contribution is 2.41. The van der Waals surface area contributed by atoms with E-state index < -0.39 is 7.14 Å². The van der Waals surface area contributed by atoms with Crippen LogP contribution in [0.2, 0.25) is 5.02 Å². The van der Waals surface area contributed by atoms with Crippen molar-refractivity contribution < 1.29 is 9.30 Å². The van der Waals surface area contributed by atoms with Crippen molar-refractivity contribution in [2.24, 2.45) is 0 Å². The van der Waals surface area contributed by atoms with Gasteiger partial charge in [-0.1, -0.05) is 23.7 Å². The summed E-state index contributed by atoms with van der Waals surface area (Å²) in [6.45, 7) is 10.3. The molecule has 5 rings (SSSR count). The monoisotopic (exact) mass is 597 g/mol. The minimum Gasteiger partial charge on any atom is -0.494 e. The van der Waals surface area contributed by atoms with Gasteiger partial charge in [-0.3, -0.25) is 4.90 Å². The fraction of sp³-hybridized carbons (Fsp3) is 0.467. The molecule has 0 unspecified atom stereocenters. The van der Waals surface area contributed by atoms with E-state index in [-0.39, 0.29) is 0 Å². The maximum atomic E-state index is 13.0. The van der Waals surface area contributed by atoms with E-state index in [2.05, 4.69) is 44.2 Å². The largest absolute Gasteiger partial charge is 0.494 e. The average molecular weight is 598 g/mol. The molecule has 1 N–H and O–H groups in total. The first-order valence-electron chi connectivity index (χ1n) is 14.2. The lowest BCUT2D eigenvalue weighted by atomic mass is 10.0. The number of nitrogens with zero attached hydrogens (tertiary/aromatic N) is 6. The smallest absolute Gasteiger partial charge is 0.229 e. The number of rotatable bonds is 8. The van der Waals surface area contributed by atoms with Crippen LogP contribution in [0.3, 0.4) is 0 Å². The Kier molecular flexibility index (Phi) is 9.09. The number of para-hydroxylation sites is 1. The number of piperazine rings is 1. The molecule has 41 heavy (non-hydrogen) atoms. The van der Waals surface area contributed by atoms with Gasteiger partial charge in [-0.2, -0.15) is 4.98 Å². The van der Waals surface area contributed by atoms with Gasteiger partial charge in [0.15, 0.2) is 5.82 Å². The van der Waals surface area contributed by atoms with Gasteiger partial charge >= 0.3 is 0 Å². The molecular weight excluding hydrogens is 557 g/mol. The molecule has 0 spiro atoms. The van der Waals surface area contributed by atoms with Gasteiger partial charge in [0, 0.05) is 69.4 Å². The molecule has 2 fully saturated rings. The van der Waals surface area contributed by atoms with Crippen LogP contribution in [0.4, 0.5) is 28.8 Å². The molecule has 9 nitrogen and oxygen atoms in total.